The molecule has 0 saturated carbocycles. The van der Waals surface area contributed by atoms with Crippen molar-refractivity contribution < 1.29 is 0 Å². The van der Waals surface area contributed by atoms with Crippen molar-refractivity contribution in [2.45, 2.75) is 0 Å². The van der Waals surface area contributed by atoms with Crippen molar-refractivity contribution in [3.63, 3.8) is 0 Å². The number of fused-ring (bicyclic) bond motifs is 15. The number of hydrogen-bond acceptors (Lipinski definition) is 4. The normalized spacial score (nSPS) is 11.9. The molecule has 61 heavy (non-hydrogen) atoms. The first-order valence-corrected chi connectivity index (χ1v) is 20.6. The molecular weight excluding hydrogens is 743 g/mol. The van der Waals surface area contributed by atoms with Crippen molar-refractivity contribution >= 4 is 87.0 Å². The van der Waals surface area contributed by atoms with E-state index < -0.39 is 0 Å². The molecule has 3 aromatic heterocycles. The van der Waals surface area contributed by atoms with Crippen LogP contribution >= 0.6 is 0 Å². The molecule has 5 nitrogen and oxygen atoms in total. The Morgan fingerprint density at radius 3 is 1.28 bits per heavy atom. The third kappa shape index (κ3) is 5.14. The molecule has 0 bridgehead atoms. The number of para-hydroxylation sites is 1. The van der Waals surface area contributed by atoms with E-state index in [0.717, 1.165) is 94.0 Å². The van der Waals surface area contributed by atoms with Crippen LogP contribution in [0.25, 0.3) is 126 Å². The maximum Gasteiger partial charge on any atom is 0.0979 e. The Balaban J connectivity index is 0.917. The van der Waals surface area contributed by atoms with Crippen LogP contribution in [0.15, 0.2) is 200 Å². The van der Waals surface area contributed by atoms with Gasteiger partial charge in [-0.15, -0.1) is 0 Å². The molecule has 0 atom stereocenters. The highest BCUT2D eigenvalue weighted by Crippen LogP contribution is 2.39. The summed E-state index contributed by atoms with van der Waals surface area (Å²) in [7, 11) is 0. The van der Waals surface area contributed by atoms with Crippen LogP contribution in [0.3, 0.4) is 0 Å². The lowest BCUT2D eigenvalue weighted by Gasteiger charge is -2.12. The maximum atomic E-state index is 5.30. The SMILES string of the molecule is c1cc(-c2ccc3c(c2)c2ccccc2n3-c2cccc(-c3cnc4c5ccccc5c5ccccc5c4n3)c2)cc(-c2cnc3c4ccccc4c4ccccc4c3n2)c1. The van der Waals surface area contributed by atoms with Crippen molar-refractivity contribution in [1.82, 2.24) is 24.5 Å². The first-order chi connectivity index (χ1) is 30.2. The minimum Gasteiger partial charge on any atom is -0.309 e. The van der Waals surface area contributed by atoms with E-state index in [1.807, 2.05) is 12.4 Å². The second-order valence-electron chi connectivity index (χ2n) is 15.8. The fourth-order valence-electron chi connectivity index (χ4n) is 9.62. The van der Waals surface area contributed by atoms with Gasteiger partial charge in [0.05, 0.1) is 56.9 Å². The standard InChI is InChI=1S/C56H33N5/c1-5-22-44-39(17-1)41-19-3-7-24-46(41)55-53(44)57-32-49(59-55)36-14-11-13-34(29-36)35-27-28-52-48(31-35)43-21-9-10-26-51(43)61(52)38-16-12-15-37(30-38)50-33-58-54-45-23-6-2-18-40(45)42-20-4-8-25-47(42)56(54)60-50/h1-33H. The smallest absolute Gasteiger partial charge is 0.0979 e. The van der Waals surface area contributed by atoms with Crippen LogP contribution in [0, 0.1) is 0 Å². The second kappa shape index (κ2) is 13.1. The molecule has 0 aliphatic rings. The fourth-order valence-corrected chi connectivity index (χ4v) is 9.62. The molecule has 0 aliphatic carbocycles. The van der Waals surface area contributed by atoms with Gasteiger partial charge in [0.2, 0.25) is 0 Å². The quantitative estimate of drug-likeness (QED) is 0.167. The number of aromatic nitrogens is 5. The Morgan fingerprint density at radius 1 is 0.279 bits per heavy atom. The summed E-state index contributed by atoms with van der Waals surface area (Å²) in [5.41, 5.74) is 13.0. The molecule has 0 unspecified atom stereocenters. The average Bonchev–Trinajstić information content (AvgIpc) is 3.68. The zero-order valence-electron chi connectivity index (χ0n) is 32.8. The van der Waals surface area contributed by atoms with Crippen molar-refractivity contribution in [1.29, 1.82) is 0 Å². The van der Waals surface area contributed by atoms with Gasteiger partial charge in [-0.2, -0.15) is 0 Å². The summed E-state index contributed by atoms with van der Waals surface area (Å²) in [5.74, 6) is 0. The highest BCUT2D eigenvalue weighted by atomic mass is 15.0. The first kappa shape index (κ1) is 33.7. The van der Waals surface area contributed by atoms with E-state index in [9.17, 15) is 0 Å². The number of benzene rings is 10. The Labute approximate surface area is 349 Å². The molecule has 0 aliphatic heterocycles. The molecule has 0 radical (unpaired) electrons. The van der Waals surface area contributed by atoms with Gasteiger partial charge < -0.3 is 4.57 Å². The third-order valence-corrected chi connectivity index (χ3v) is 12.4. The summed E-state index contributed by atoms with van der Waals surface area (Å²) < 4.78 is 2.37. The van der Waals surface area contributed by atoms with Crippen molar-refractivity contribution in [2.75, 3.05) is 0 Å². The van der Waals surface area contributed by atoms with E-state index in [2.05, 4.69) is 193 Å². The van der Waals surface area contributed by atoms with Gasteiger partial charge in [-0.25, -0.2) is 9.97 Å². The van der Waals surface area contributed by atoms with E-state index >= 15 is 0 Å². The number of hydrogen-bond donors (Lipinski definition) is 0. The second-order valence-corrected chi connectivity index (χ2v) is 15.8. The average molecular weight is 776 g/mol. The van der Waals surface area contributed by atoms with Gasteiger partial charge in [0, 0.05) is 49.1 Å². The highest BCUT2D eigenvalue weighted by Gasteiger charge is 2.17. The van der Waals surface area contributed by atoms with E-state index in [0.29, 0.717) is 0 Å². The van der Waals surface area contributed by atoms with Crippen LogP contribution in [0.5, 0.6) is 0 Å². The zero-order valence-corrected chi connectivity index (χ0v) is 32.8. The molecule has 0 fully saturated rings. The fraction of sp³-hybridized carbons (Fsp3) is 0. The molecule has 3 heterocycles. The monoisotopic (exact) mass is 775 g/mol. The molecule has 13 rings (SSSR count). The van der Waals surface area contributed by atoms with Crippen molar-refractivity contribution in [2.24, 2.45) is 0 Å². The van der Waals surface area contributed by atoms with Gasteiger partial charge >= 0.3 is 0 Å². The lowest BCUT2D eigenvalue weighted by atomic mass is 9.98. The minimum atomic E-state index is 0.843. The third-order valence-electron chi connectivity index (χ3n) is 12.4. The lowest BCUT2D eigenvalue weighted by Crippen LogP contribution is -1.96. The highest BCUT2D eigenvalue weighted by molar-refractivity contribution is 6.24. The molecule has 0 amide bonds. The summed E-state index contributed by atoms with van der Waals surface area (Å²) in [6.45, 7) is 0. The Morgan fingerprint density at radius 2 is 0.705 bits per heavy atom. The van der Waals surface area contributed by atoms with Crippen LogP contribution in [0.1, 0.15) is 0 Å². The molecule has 282 valence electrons. The summed E-state index contributed by atoms with van der Waals surface area (Å²) in [4.78, 5) is 20.7. The van der Waals surface area contributed by atoms with Crippen molar-refractivity contribution in [3.8, 4) is 39.3 Å². The molecule has 5 heteroatoms. The predicted molar refractivity (Wildman–Crippen MR) is 253 cm³/mol. The first-order valence-electron chi connectivity index (χ1n) is 20.6. The van der Waals surface area contributed by atoms with Crippen LogP contribution in [0.4, 0.5) is 0 Å². The molecule has 0 saturated heterocycles. The molecule has 0 spiro atoms. The summed E-state index contributed by atoms with van der Waals surface area (Å²) in [6, 6.07) is 66.8. The van der Waals surface area contributed by atoms with Gasteiger partial charge in [0.1, 0.15) is 0 Å². The molecule has 13 aromatic rings. The van der Waals surface area contributed by atoms with Crippen LogP contribution in [-0.2, 0) is 0 Å². The molecule has 10 aromatic carbocycles. The Bertz CT molecular complexity index is 3890. The van der Waals surface area contributed by atoms with Gasteiger partial charge in [-0.3, -0.25) is 9.97 Å². The lowest BCUT2D eigenvalue weighted by molar-refractivity contribution is 1.18. The van der Waals surface area contributed by atoms with Crippen molar-refractivity contribution in [3.05, 3.63) is 200 Å². The number of rotatable bonds is 4. The predicted octanol–water partition coefficient (Wildman–Crippen LogP) is 14.3. The summed E-state index contributed by atoms with van der Waals surface area (Å²) in [6.07, 6.45) is 3.84. The Hall–Kier alpha value is -8.28. The molecule has 0 N–H and O–H groups in total. The zero-order chi connectivity index (χ0) is 40.0. The van der Waals surface area contributed by atoms with Crippen LogP contribution < -0.4 is 0 Å². The van der Waals surface area contributed by atoms with E-state index in [1.165, 1.54) is 32.3 Å². The summed E-state index contributed by atoms with van der Waals surface area (Å²) >= 11 is 0. The number of nitrogens with zero attached hydrogens (tertiary/aromatic N) is 5. The topological polar surface area (TPSA) is 56.5 Å². The summed E-state index contributed by atoms with van der Waals surface area (Å²) in [5, 5.41) is 11.6. The Kier molecular flexibility index (Phi) is 7.24. The minimum absolute atomic E-state index is 0.843. The largest absolute Gasteiger partial charge is 0.309 e. The van der Waals surface area contributed by atoms with Gasteiger partial charge in [0.15, 0.2) is 0 Å². The van der Waals surface area contributed by atoms with Crippen LogP contribution in [-0.4, -0.2) is 24.5 Å². The van der Waals surface area contributed by atoms with E-state index in [4.69, 9.17) is 19.9 Å². The van der Waals surface area contributed by atoms with Gasteiger partial charge in [0.25, 0.3) is 0 Å². The van der Waals surface area contributed by atoms with Crippen LogP contribution in [0.2, 0.25) is 0 Å². The maximum absolute atomic E-state index is 5.30. The van der Waals surface area contributed by atoms with E-state index in [-0.39, 0.29) is 0 Å². The molecular formula is C56H33N5. The van der Waals surface area contributed by atoms with E-state index in [1.54, 1.807) is 0 Å². The van der Waals surface area contributed by atoms with Gasteiger partial charge in [-0.1, -0.05) is 152 Å². The van der Waals surface area contributed by atoms with Gasteiger partial charge in [-0.05, 0) is 69.1 Å².